The topological polar surface area (TPSA) is 92.5 Å². The number of aliphatic carboxylic acids is 1. The lowest BCUT2D eigenvalue weighted by Crippen LogP contribution is -2.50. The molecule has 7 nitrogen and oxygen atoms in total. The molecule has 1 heterocycles. The van der Waals surface area contributed by atoms with E-state index in [4.69, 9.17) is 23.2 Å². The summed E-state index contributed by atoms with van der Waals surface area (Å²) in [5.41, 5.74) is -3.20. The minimum Gasteiger partial charge on any atom is -0.481 e. The maximum absolute atomic E-state index is 14.6. The van der Waals surface area contributed by atoms with Crippen molar-refractivity contribution in [1.29, 1.82) is 0 Å². The Labute approximate surface area is 257 Å². The van der Waals surface area contributed by atoms with Crippen LogP contribution in [0.3, 0.4) is 0 Å². The first-order valence-corrected chi connectivity index (χ1v) is 14.9. The fourth-order valence-corrected chi connectivity index (χ4v) is 7.00. The molecule has 0 unspecified atom stereocenters. The quantitative estimate of drug-likeness (QED) is 0.231. The Bertz CT molecular complexity index is 1380. The predicted molar refractivity (Wildman–Crippen MR) is 153 cm³/mol. The zero-order valence-electron chi connectivity index (χ0n) is 24.4. The number of carboxylic acids is 1. The van der Waals surface area contributed by atoms with Crippen molar-refractivity contribution >= 4 is 40.9 Å². The highest BCUT2D eigenvalue weighted by Crippen LogP contribution is 2.45. The number of carboxylic acid groups (broad SMARTS) is 1. The van der Waals surface area contributed by atoms with Gasteiger partial charge in [-0.05, 0) is 75.3 Å². The Balaban J connectivity index is 1.67. The van der Waals surface area contributed by atoms with E-state index in [1.807, 2.05) is 0 Å². The highest BCUT2D eigenvalue weighted by Gasteiger charge is 2.47. The fourth-order valence-electron chi connectivity index (χ4n) is 6.33. The molecule has 0 spiro atoms. The molecular weight excluding hydrogens is 613 g/mol. The first-order chi connectivity index (χ1) is 19.8. The molecule has 0 radical (unpaired) electrons. The van der Waals surface area contributed by atoms with E-state index < -0.39 is 65.0 Å². The van der Waals surface area contributed by atoms with Gasteiger partial charge >= 0.3 is 12.1 Å². The molecule has 1 aromatic carbocycles. The normalized spacial score (nSPS) is 24.4. The molecule has 236 valence electrons. The van der Waals surface area contributed by atoms with Gasteiger partial charge in [-0.3, -0.25) is 19.1 Å². The lowest BCUT2D eigenvalue weighted by molar-refractivity contribution is -0.152. The molecule has 2 aromatic rings. The lowest BCUT2D eigenvalue weighted by atomic mass is 9.71. The SMILES string of the molecule is CC(C)(C)C[C@H]1C[C@H](N(CC(=O)c2c(Cl)cc(F)cc2Cl)C(=O)c2cnn(C3CCC(C)(C(=O)O)CC3)c2C(F)(F)F)C1. The summed E-state index contributed by atoms with van der Waals surface area (Å²) in [5.74, 6) is -3.30. The molecule has 0 saturated heterocycles. The summed E-state index contributed by atoms with van der Waals surface area (Å²) >= 11 is 12.2. The van der Waals surface area contributed by atoms with E-state index in [1.165, 1.54) is 0 Å². The van der Waals surface area contributed by atoms with Gasteiger partial charge in [0.05, 0.1) is 45.4 Å². The molecule has 2 fully saturated rings. The predicted octanol–water partition coefficient (Wildman–Crippen LogP) is 8.09. The summed E-state index contributed by atoms with van der Waals surface area (Å²) < 4.78 is 58.2. The Morgan fingerprint density at radius 3 is 2.14 bits per heavy atom. The first kappa shape index (κ1) is 33.2. The number of halogens is 6. The first-order valence-electron chi connectivity index (χ1n) is 14.2. The molecule has 0 aliphatic heterocycles. The monoisotopic (exact) mass is 647 g/mol. The summed E-state index contributed by atoms with van der Waals surface area (Å²) in [4.78, 5) is 40.1. The third-order valence-electron chi connectivity index (χ3n) is 8.63. The van der Waals surface area contributed by atoms with Gasteiger partial charge in [-0.2, -0.15) is 18.3 Å². The number of ketones is 1. The van der Waals surface area contributed by atoms with Crippen LogP contribution < -0.4 is 0 Å². The molecule has 0 atom stereocenters. The van der Waals surface area contributed by atoms with E-state index in [2.05, 4.69) is 25.9 Å². The number of aromatic nitrogens is 2. The Hall–Kier alpha value is -2.66. The van der Waals surface area contributed by atoms with Crippen LogP contribution in [-0.2, 0) is 11.0 Å². The van der Waals surface area contributed by atoms with Gasteiger partial charge in [0, 0.05) is 6.04 Å². The van der Waals surface area contributed by atoms with Crippen molar-refractivity contribution in [3.8, 4) is 0 Å². The van der Waals surface area contributed by atoms with Crippen LogP contribution in [0.2, 0.25) is 10.0 Å². The molecule has 2 aliphatic carbocycles. The standard InChI is InChI=1S/C30H35Cl2F4N3O4/c1-28(2,3)13-16-9-19(10-16)38(15-23(40)24-21(31)11-17(33)12-22(24)32)26(41)20-14-37-39(25(20)30(34,35)36)18-5-7-29(4,8-6-18)27(42)43/h11-12,14,16,18-19H,5-10,13,15H2,1-4H3,(H,42,43)/t16-,18?,19-,29?. The number of Topliss-reactive ketones (excluding diaryl/α,β-unsaturated/α-hetero) is 1. The van der Waals surface area contributed by atoms with E-state index >= 15 is 0 Å². The van der Waals surface area contributed by atoms with E-state index in [-0.39, 0.29) is 52.6 Å². The van der Waals surface area contributed by atoms with Crippen molar-refractivity contribution in [2.24, 2.45) is 16.7 Å². The highest BCUT2D eigenvalue weighted by atomic mass is 35.5. The molecule has 2 aliphatic rings. The smallest absolute Gasteiger partial charge is 0.433 e. The van der Waals surface area contributed by atoms with Gasteiger partial charge < -0.3 is 10.0 Å². The van der Waals surface area contributed by atoms with Gasteiger partial charge in [0.15, 0.2) is 11.5 Å². The second kappa shape index (κ2) is 12.0. The average molecular weight is 649 g/mol. The summed E-state index contributed by atoms with van der Waals surface area (Å²) in [6, 6.07) is 0.538. The molecule has 1 amide bonds. The number of hydrogen-bond donors (Lipinski definition) is 1. The Morgan fingerprint density at radius 1 is 1.09 bits per heavy atom. The third-order valence-corrected chi connectivity index (χ3v) is 9.22. The second-order valence-corrected chi connectivity index (χ2v) is 14.1. The van der Waals surface area contributed by atoms with Crippen molar-refractivity contribution in [3.63, 3.8) is 0 Å². The van der Waals surface area contributed by atoms with E-state index in [1.54, 1.807) is 6.92 Å². The van der Waals surface area contributed by atoms with Crippen molar-refractivity contribution in [2.75, 3.05) is 6.54 Å². The van der Waals surface area contributed by atoms with Gasteiger partial charge in [0.1, 0.15) is 5.82 Å². The number of carbonyl (C=O) groups excluding carboxylic acids is 2. The number of carbonyl (C=O) groups is 3. The summed E-state index contributed by atoms with van der Waals surface area (Å²) in [6.07, 6.45) is -1.67. The van der Waals surface area contributed by atoms with Crippen LogP contribution >= 0.6 is 23.2 Å². The van der Waals surface area contributed by atoms with Crippen LogP contribution in [0.25, 0.3) is 0 Å². The van der Waals surface area contributed by atoms with Gasteiger partial charge in [-0.1, -0.05) is 44.0 Å². The highest BCUT2D eigenvalue weighted by molar-refractivity contribution is 6.40. The molecule has 1 N–H and O–H groups in total. The van der Waals surface area contributed by atoms with Crippen LogP contribution in [0.1, 0.15) is 105 Å². The van der Waals surface area contributed by atoms with Crippen molar-refractivity contribution < 1.29 is 37.1 Å². The average Bonchev–Trinajstić information content (AvgIpc) is 3.29. The maximum atomic E-state index is 14.6. The minimum atomic E-state index is -4.96. The van der Waals surface area contributed by atoms with E-state index in [9.17, 15) is 37.1 Å². The largest absolute Gasteiger partial charge is 0.481 e. The van der Waals surface area contributed by atoms with Crippen LogP contribution in [0.15, 0.2) is 18.3 Å². The van der Waals surface area contributed by atoms with Crippen LogP contribution in [0.5, 0.6) is 0 Å². The number of hydrogen-bond acceptors (Lipinski definition) is 4. The third kappa shape index (κ3) is 7.19. The second-order valence-electron chi connectivity index (χ2n) is 13.3. The summed E-state index contributed by atoms with van der Waals surface area (Å²) in [5, 5.41) is 13.0. The molecule has 0 bridgehead atoms. The van der Waals surface area contributed by atoms with Gasteiger partial charge in [-0.15, -0.1) is 0 Å². The fraction of sp³-hybridized carbons (Fsp3) is 0.600. The van der Waals surface area contributed by atoms with Crippen LogP contribution in [-0.4, -0.2) is 50.0 Å². The zero-order valence-corrected chi connectivity index (χ0v) is 25.9. The molecule has 2 saturated carbocycles. The van der Waals surface area contributed by atoms with Gasteiger partial charge in [-0.25, -0.2) is 4.39 Å². The molecular formula is C30H35Cl2F4N3O4. The lowest BCUT2D eigenvalue weighted by Gasteiger charge is -2.44. The van der Waals surface area contributed by atoms with E-state index in [0.29, 0.717) is 12.8 Å². The van der Waals surface area contributed by atoms with Crippen LogP contribution in [0, 0.1) is 22.6 Å². The molecule has 4 rings (SSSR count). The van der Waals surface area contributed by atoms with Crippen molar-refractivity contribution in [1.82, 2.24) is 14.7 Å². The van der Waals surface area contributed by atoms with E-state index in [0.717, 1.165) is 34.3 Å². The van der Waals surface area contributed by atoms with Crippen molar-refractivity contribution in [2.45, 2.75) is 90.9 Å². The molecule has 43 heavy (non-hydrogen) atoms. The number of alkyl halides is 3. The van der Waals surface area contributed by atoms with Crippen LogP contribution in [0.4, 0.5) is 17.6 Å². The van der Waals surface area contributed by atoms with Crippen molar-refractivity contribution in [3.05, 3.63) is 51.0 Å². The summed E-state index contributed by atoms with van der Waals surface area (Å²) in [7, 11) is 0. The van der Waals surface area contributed by atoms with Gasteiger partial charge in [0.25, 0.3) is 5.91 Å². The number of benzene rings is 1. The number of rotatable bonds is 8. The Morgan fingerprint density at radius 2 is 1.65 bits per heavy atom. The molecule has 1 aromatic heterocycles. The zero-order chi connectivity index (χ0) is 32.1. The summed E-state index contributed by atoms with van der Waals surface area (Å²) in [6.45, 7) is 7.16. The molecule has 13 heteroatoms. The number of nitrogens with zero attached hydrogens (tertiary/aromatic N) is 3. The number of amides is 1. The Kier molecular flexibility index (Phi) is 9.30. The minimum absolute atomic E-state index is 0.00321. The maximum Gasteiger partial charge on any atom is 0.433 e. The van der Waals surface area contributed by atoms with Gasteiger partial charge in [0.2, 0.25) is 0 Å².